The first-order valence-electron chi connectivity index (χ1n) is 7.03. The topological polar surface area (TPSA) is 54.5 Å². The van der Waals surface area contributed by atoms with Crippen molar-refractivity contribution in [3.8, 4) is 6.07 Å². The molecule has 5 rings (SSSR count). The highest BCUT2D eigenvalue weighted by molar-refractivity contribution is 5.25. The summed E-state index contributed by atoms with van der Waals surface area (Å²) in [6.07, 6.45) is 8.06. The molecule has 4 aliphatic rings. The predicted molar refractivity (Wildman–Crippen MR) is 65.6 cm³/mol. The van der Waals surface area contributed by atoms with Crippen molar-refractivity contribution >= 4 is 0 Å². The Hall–Kier alpha value is -1.37. The van der Waals surface area contributed by atoms with Gasteiger partial charge in [-0.3, -0.25) is 0 Å². The predicted octanol–water partition coefficient (Wildman–Crippen LogP) is 2.38. The van der Waals surface area contributed by atoms with Gasteiger partial charge in [0.15, 0.2) is 5.69 Å². The Balaban J connectivity index is 1.79. The Kier molecular flexibility index (Phi) is 1.96. The molecular formula is C14H18N4. The maximum Gasteiger partial charge on any atom is 0.185 e. The van der Waals surface area contributed by atoms with Crippen molar-refractivity contribution in [1.29, 1.82) is 5.26 Å². The molecule has 4 nitrogen and oxygen atoms in total. The van der Waals surface area contributed by atoms with Crippen LogP contribution in [0.25, 0.3) is 0 Å². The summed E-state index contributed by atoms with van der Waals surface area (Å²) < 4.78 is 2.11. The molecule has 0 atom stereocenters. The molecule has 4 fully saturated rings. The van der Waals surface area contributed by atoms with Gasteiger partial charge in [0.2, 0.25) is 0 Å². The Bertz CT molecular complexity index is 501. The number of rotatable bonds is 1. The van der Waals surface area contributed by atoms with E-state index in [0.29, 0.717) is 5.69 Å². The van der Waals surface area contributed by atoms with Crippen molar-refractivity contribution < 1.29 is 0 Å². The van der Waals surface area contributed by atoms with Crippen molar-refractivity contribution in [2.45, 2.75) is 51.0 Å². The zero-order chi connectivity index (χ0) is 12.3. The molecule has 1 aromatic heterocycles. The van der Waals surface area contributed by atoms with Crippen LogP contribution in [0.4, 0.5) is 0 Å². The molecular weight excluding hydrogens is 224 g/mol. The Labute approximate surface area is 107 Å². The molecule has 1 heterocycles. The minimum atomic E-state index is 0.195. The number of hydrogen-bond acceptors (Lipinski definition) is 3. The lowest BCUT2D eigenvalue weighted by Gasteiger charge is -2.56. The number of aromatic nitrogens is 3. The zero-order valence-electron chi connectivity index (χ0n) is 10.8. The molecule has 4 saturated carbocycles. The van der Waals surface area contributed by atoms with E-state index in [1.807, 2.05) is 6.92 Å². The van der Waals surface area contributed by atoms with E-state index in [0.717, 1.165) is 23.4 Å². The van der Waals surface area contributed by atoms with Crippen LogP contribution in [0, 0.1) is 36.0 Å². The largest absolute Gasteiger partial charge is 0.242 e. The van der Waals surface area contributed by atoms with Crippen LogP contribution in [-0.2, 0) is 5.54 Å². The monoisotopic (exact) mass is 242 g/mol. The molecule has 0 spiro atoms. The van der Waals surface area contributed by atoms with Crippen LogP contribution in [0.3, 0.4) is 0 Å². The minimum absolute atomic E-state index is 0.195. The number of hydrogen-bond donors (Lipinski definition) is 0. The molecule has 0 aromatic carbocycles. The standard InChI is InChI=1S/C14H18N4/c1-9-13(8-15)16-17-18(9)14-5-10-2-11(6-14)4-12(3-10)7-14/h10-12H,2-7H2,1H3. The first kappa shape index (κ1) is 10.5. The van der Waals surface area contributed by atoms with Gasteiger partial charge in [0.25, 0.3) is 0 Å². The fourth-order valence-corrected chi connectivity index (χ4v) is 5.21. The van der Waals surface area contributed by atoms with Gasteiger partial charge >= 0.3 is 0 Å². The number of nitriles is 1. The van der Waals surface area contributed by atoms with Gasteiger partial charge in [0, 0.05) is 0 Å². The maximum atomic E-state index is 9.05. The second kappa shape index (κ2) is 3.34. The lowest BCUT2D eigenvalue weighted by atomic mass is 9.53. The van der Waals surface area contributed by atoms with E-state index in [1.165, 1.54) is 38.5 Å². The van der Waals surface area contributed by atoms with Gasteiger partial charge in [-0.25, -0.2) is 4.68 Å². The van der Waals surface area contributed by atoms with Gasteiger partial charge in [-0.1, -0.05) is 5.21 Å². The molecule has 0 aliphatic heterocycles. The van der Waals surface area contributed by atoms with Gasteiger partial charge in [-0.15, -0.1) is 5.10 Å². The minimum Gasteiger partial charge on any atom is -0.242 e. The summed E-state index contributed by atoms with van der Waals surface area (Å²) in [6, 6.07) is 2.15. The van der Waals surface area contributed by atoms with Crippen molar-refractivity contribution in [1.82, 2.24) is 15.0 Å². The molecule has 4 aliphatic carbocycles. The third-order valence-corrected chi connectivity index (χ3v) is 5.46. The van der Waals surface area contributed by atoms with Crippen molar-refractivity contribution in [3.63, 3.8) is 0 Å². The molecule has 0 N–H and O–H groups in total. The van der Waals surface area contributed by atoms with Gasteiger partial charge in [-0.2, -0.15) is 5.26 Å². The Morgan fingerprint density at radius 3 is 2.17 bits per heavy atom. The fraction of sp³-hybridized carbons (Fsp3) is 0.786. The second-order valence-corrected chi connectivity index (χ2v) is 6.69. The molecule has 4 heteroatoms. The average molecular weight is 242 g/mol. The van der Waals surface area contributed by atoms with Crippen LogP contribution in [0.2, 0.25) is 0 Å². The summed E-state index contributed by atoms with van der Waals surface area (Å²) in [7, 11) is 0. The molecule has 18 heavy (non-hydrogen) atoms. The summed E-state index contributed by atoms with van der Waals surface area (Å²) in [6.45, 7) is 2.00. The van der Waals surface area contributed by atoms with Gasteiger partial charge in [0.05, 0.1) is 11.2 Å². The van der Waals surface area contributed by atoms with Gasteiger partial charge in [-0.05, 0) is 63.2 Å². The smallest absolute Gasteiger partial charge is 0.185 e. The van der Waals surface area contributed by atoms with E-state index >= 15 is 0 Å². The Morgan fingerprint density at radius 2 is 1.72 bits per heavy atom. The summed E-state index contributed by atoms with van der Waals surface area (Å²) in [4.78, 5) is 0. The van der Waals surface area contributed by atoms with Crippen molar-refractivity contribution in [2.24, 2.45) is 17.8 Å². The van der Waals surface area contributed by atoms with Gasteiger partial charge in [0.1, 0.15) is 6.07 Å². The summed E-state index contributed by atoms with van der Waals surface area (Å²) in [5.41, 5.74) is 1.67. The first-order chi connectivity index (χ1) is 8.70. The van der Waals surface area contributed by atoms with E-state index in [2.05, 4.69) is 21.1 Å². The molecule has 0 unspecified atom stereocenters. The third-order valence-electron chi connectivity index (χ3n) is 5.46. The summed E-state index contributed by atoms with van der Waals surface area (Å²) in [5, 5.41) is 17.4. The van der Waals surface area contributed by atoms with E-state index in [-0.39, 0.29) is 5.54 Å². The third kappa shape index (κ3) is 1.25. The fourth-order valence-electron chi connectivity index (χ4n) is 5.21. The van der Waals surface area contributed by atoms with E-state index in [9.17, 15) is 0 Å². The highest BCUT2D eigenvalue weighted by Crippen LogP contribution is 2.58. The lowest BCUT2D eigenvalue weighted by molar-refractivity contribution is -0.0512. The maximum absolute atomic E-state index is 9.05. The van der Waals surface area contributed by atoms with E-state index in [1.54, 1.807) is 0 Å². The zero-order valence-corrected chi connectivity index (χ0v) is 10.8. The molecule has 4 bridgehead atoms. The van der Waals surface area contributed by atoms with Gasteiger partial charge < -0.3 is 0 Å². The molecule has 0 amide bonds. The van der Waals surface area contributed by atoms with E-state index < -0.39 is 0 Å². The Morgan fingerprint density at radius 1 is 1.17 bits per heavy atom. The van der Waals surface area contributed by atoms with Crippen LogP contribution >= 0.6 is 0 Å². The first-order valence-corrected chi connectivity index (χ1v) is 7.03. The quantitative estimate of drug-likeness (QED) is 0.759. The average Bonchev–Trinajstić information content (AvgIpc) is 2.69. The highest BCUT2D eigenvalue weighted by Gasteiger charge is 2.53. The highest BCUT2D eigenvalue weighted by atomic mass is 15.5. The van der Waals surface area contributed by atoms with Crippen LogP contribution in [0.1, 0.15) is 49.9 Å². The number of nitrogens with zero attached hydrogens (tertiary/aromatic N) is 4. The van der Waals surface area contributed by atoms with Crippen LogP contribution in [-0.4, -0.2) is 15.0 Å². The molecule has 0 radical (unpaired) electrons. The van der Waals surface area contributed by atoms with Crippen LogP contribution < -0.4 is 0 Å². The van der Waals surface area contributed by atoms with E-state index in [4.69, 9.17) is 5.26 Å². The normalized spacial score (nSPS) is 41.0. The van der Waals surface area contributed by atoms with Crippen molar-refractivity contribution in [2.75, 3.05) is 0 Å². The molecule has 1 aromatic rings. The summed E-state index contributed by atoms with van der Waals surface area (Å²) >= 11 is 0. The summed E-state index contributed by atoms with van der Waals surface area (Å²) in [5.74, 6) is 2.68. The van der Waals surface area contributed by atoms with Crippen molar-refractivity contribution in [3.05, 3.63) is 11.4 Å². The second-order valence-electron chi connectivity index (χ2n) is 6.69. The van der Waals surface area contributed by atoms with Crippen LogP contribution in [0.5, 0.6) is 0 Å². The molecule has 94 valence electrons. The SMILES string of the molecule is Cc1c(C#N)nnn1C12CC3CC(CC(C3)C1)C2. The lowest BCUT2D eigenvalue weighted by Crippen LogP contribution is -2.52. The van der Waals surface area contributed by atoms with Crippen LogP contribution in [0.15, 0.2) is 0 Å². The molecule has 0 saturated heterocycles.